The van der Waals surface area contributed by atoms with Crippen LogP contribution in [-0.4, -0.2) is 93.4 Å². The number of nitrogens with two attached hydrogens (primary N) is 1. The van der Waals surface area contributed by atoms with E-state index < -0.39 is 74.5 Å². The van der Waals surface area contributed by atoms with Crippen molar-refractivity contribution in [3.8, 4) is 5.75 Å². The number of amides is 2. The number of allylic oxidation sites excluding steroid dienone is 1. The van der Waals surface area contributed by atoms with Gasteiger partial charge in [-0.2, -0.15) is 0 Å². The largest absolute Gasteiger partial charge is 0.510 e. The van der Waals surface area contributed by atoms with E-state index in [0.29, 0.717) is 11.3 Å². The molecule has 0 saturated carbocycles. The molecule has 1 aromatic carbocycles. The Bertz CT molecular complexity index is 1380. The first-order valence-corrected chi connectivity index (χ1v) is 13.1. The number of hydrogen-bond acceptors (Lipinski definition) is 10. The van der Waals surface area contributed by atoms with Crippen molar-refractivity contribution in [2.75, 3.05) is 38.4 Å². The first-order chi connectivity index (χ1) is 18.0. The minimum Gasteiger partial charge on any atom is -0.510 e. The van der Waals surface area contributed by atoms with Crippen molar-refractivity contribution in [3.63, 3.8) is 0 Å². The summed E-state index contributed by atoms with van der Waals surface area (Å²) in [7, 11) is 6.60. The number of carbonyl (C=O) groups excluding carboxylic acids is 4. The number of likely N-dealkylation sites (N-methyl/N-ethyl adjacent to an activating group) is 1. The number of fused-ring (bicyclic) bond motifs is 3. The lowest BCUT2D eigenvalue weighted by Crippen LogP contribution is -2.63. The van der Waals surface area contributed by atoms with Gasteiger partial charge in [0.05, 0.1) is 22.1 Å². The lowest BCUT2D eigenvalue weighted by molar-refractivity contribution is -0.148. The van der Waals surface area contributed by atoms with Gasteiger partial charge in [-0.1, -0.05) is 15.9 Å². The van der Waals surface area contributed by atoms with Crippen LogP contribution >= 0.6 is 15.9 Å². The van der Waals surface area contributed by atoms with E-state index in [2.05, 4.69) is 21.2 Å². The standard InChI is InChI=1S/C26H31BrN4O8/c1-9(27)25(38)29-13-8-14(30(2)3)11-6-10-7-12-18(31(4)5)21(34)17(24(28)37)23(36)26(12,39)22(35)15(10)20(33)16(11)19(13)32/h8-10,12,18,32,34-35,39H,6-7H2,1-5H3,(H2,28,37)(H,29,38)/t9?,10?,12?,18-,26-/m0/s1. The highest BCUT2D eigenvalue weighted by Gasteiger charge is 2.63. The topological polar surface area (TPSA) is 194 Å². The number of Topliss-reactive ketones (excluding diaryl/α,β-unsaturated/α-hetero) is 2. The third-order valence-corrected chi connectivity index (χ3v) is 8.22. The van der Waals surface area contributed by atoms with Crippen molar-refractivity contribution in [1.82, 2.24) is 4.90 Å². The monoisotopic (exact) mass is 606 g/mol. The zero-order valence-corrected chi connectivity index (χ0v) is 23.7. The van der Waals surface area contributed by atoms with E-state index in [-0.39, 0.29) is 29.7 Å². The maximum Gasteiger partial charge on any atom is 0.255 e. The molecule has 0 aliphatic heterocycles. The van der Waals surface area contributed by atoms with E-state index in [0.717, 1.165) is 0 Å². The molecule has 7 N–H and O–H groups in total. The van der Waals surface area contributed by atoms with Crippen molar-refractivity contribution >= 4 is 50.7 Å². The smallest absolute Gasteiger partial charge is 0.255 e. The van der Waals surface area contributed by atoms with E-state index in [4.69, 9.17) is 5.73 Å². The molecule has 1 aromatic rings. The van der Waals surface area contributed by atoms with Crippen LogP contribution in [0, 0.1) is 11.8 Å². The van der Waals surface area contributed by atoms with Crippen molar-refractivity contribution in [1.29, 1.82) is 0 Å². The average molecular weight is 607 g/mol. The fourth-order valence-corrected chi connectivity index (χ4v) is 6.14. The van der Waals surface area contributed by atoms with Crippen LogP contribution in [0.5, 0.6) is 5.75 Å². The van der Waals surface area contributed by atoms with Crippen LogP contribution in [0.4, 0.5) is 11.4 Å². The van der Waals surface area contributed by atoms with Gasteiger partial charge in [-0.15, -0.1) is 0 Å². The Morgan fingerprint density at radius 1 is 1.18 bits per heavy atom. The minimum atomic E-state index is -2.72. The summed E-state index contributed by atoms with van der Waals surface area (Å²) in [5.41, 5.74) is 2.28. The molecule has 210 valence electrons. The number of phenolic OH excluding ortho intramolecular Hbond substituents is 1. The highest BCUT2D eigenvalue weighted by Crippen LogP contribution is 2.53. The first kappa shape index (κ1) is 28.6. The highest BCUT2D eigenvalue weighted by atomic mass is 79.9. The predicted octanol–water partition coefficient (Wildman–Crippen LogP) is 0.909. The number of phenols is 1. The quantitative estimate of drug-likeness (QED) is 0.159. The number of alkyl halides is 1. The number of aliphatic hydroxyl groups is 3. The van der Waals surface area contributed by atoms with Crippen LogP contribution in [0.3, 0.4) is 0 Å². The molecule has 0 bridgehead atoms. The third kappa shape index (κ3) is 4.10. The molecule has 2 amide bonds. The number of ketones is 2. The van der Waals surface area contributed by atoms with Crippen LogP contribution in [0.15, 0.2) is 28.7 Å². The summed E-state index contributed by atoms with van der Waals surface area (Å²) in [5, 5.41) is 47.7. The number of rotatable bonds is 5. The minimum absolute atomic E-state index is 0.0149. The molecule has 0 heterocycles. The van der Waals surface area contributed by atoms with E-state index in [9.17, 15) is 39.6 Å². The van der Waals surface area contributed by atoms with Crippen LogP contribution in [0.1, 0.15) is 29.3 Å². The Morgan fingerprint density at radius 3 is 2.31 bits per heavy atom. The number of carbonyl (C=O) groups is 4. The van der Waals surface area contributed by atoms with Gasteiger partial charge in [0.2, 0.25) is 11.7 Å². The maximum absolute atomic E-state index is 13.9. The van der Waals surface area contributed by atoms with E-state index >= 15 is 0 Å². The summed E-state index contributed by atoms with van der Waals surface area (Å²) in [6, 6.07) is 0.476. The Labute approximate surface area is 232 Å². The van der Waals surface area contributed by atoms with Gasteiger partial charge >= 0.3 is 0 Å². The third-order valence-electron chi connectivity index (χ3n) is 7.80. The van der Waals surface area contributed by atoms with Crippen molar-refractivity contribution in [2.24, 2.45) is 17.6 Å². The van der Waals surface area contributed by atoms with Gasteiger partial charge in [-0.05, 0) is 51.4 Å². The van der Waals surface area contributed by atoms with E-state index in [1.54, 1.807) is 46.1 Å². The zero-order chi connectivity index (χ0) is 29.3. The summed E-state index contributed by atoms with van der Waals surface area (Å²) in [5.74, 6) is -7.79. The fraction of sp³-hybridized carbons (Fsp3) is 0.462. The summed E-state index contributed by atoms with van der Waals surface area (Å²) in [6.45, 7) is 1.59. The van der Waals surface area contributed by atoms with Gasteiger partial charge in [0.15, 0.2) is 17.1 Å². The van der Waals surface area contributed by atoms with Gasteiger partial charge < -0.3 is 36.4 Å². The molecule has 0 radical (unpaired) electrons. The zero-order valence-electron chi connectivity index (χ0n) is 22.1. The molecule has 0 spiro atoms. The molecular weight excluding hydrogens is 576 g/mol. The number of primary amides is 1. The summed E-state index contributed by atoms with van der Waals surface area (Å²) in [4.78, 5) is 54.4. The maximum atomic E-state index is 13.9. The molecule has 0 fully saturated rings. The summed E-state index contributed by atoms with van der Waals surface area (Å²) < 4.78 is 0. The lowest BCUT2D eigenvalue weighted by atomic mass is 9.58. The van der Waals surface area contributed by atoms with Crippen molar-refractivity contribution < 1.29 is 39.6 Å². The number of halogens is 1. The van der Waals surface area contributed by atoms with Crippen molar-refractivity contribution in [3.05, 3.63) is 39.9 Å². The molecule has 39 heavy (non-hydrogen) atoms. The van der Waals surface area contributed by atoms with Crippen LogP contribution in [-0.2, 0) is 20.8 Å². The molecular formula is C26H31BrN4O8. The number of aliphatic hydroxyl groups excluding tert-OH is 2. The summed E-state index contributed by atoms with van der Waals surface area (Å²) >= 11 is 3.16. The number of nitrogens with one attached hydrogen (secondary N) is 1. The van der Waals surface area contributed by atoms with Gasteiger partial charge in [-0.25, -0.2) is 0 Å². The SMILES string of the molecule is CC(Br)C(=O)Nc1cc(N(C)C)c2c(c1O)C(=O)C1=C(O)[C@]3(O)C(=O)C(C(N)=O)=C(O)[C@@H](N(C)C)C3CC1C2. The van der Waals surface area contributed by atoms with Gasteiger partial charge in [0, 0.05) is 31.3 Å². The van der Waals surface area contributed by atoms with Crippen molar-refractivity contribution in [2.45, 2.75) is 36.2 Å². The molecule has 13 heteroatoms. The fourth-order valence-electron chi connectivity index (χ4n) is 6.03. The highest BCUT2D eigenvalue weighted by molar-refractivity contribution is 9.10. The van der Waals surface area contributed by atoms with Gasteiger partial charge in [0.1, 0.15) is 17.1 Å². The van der Waals surface area contributed by atoms with Crippen LogP contribution in [0.2, 0.25) is 0 Å². The van der Waals surface area contributed by atoms with Gasteiger partial charge in [0.25, 0.3) is 5.91 Å². The Kier molecular flexibility index (Phi) is 7.07. The Hall–Kier alpha value is -3.42. The molecule has 3 unspecified atom stereocenters. The first-order valence-electron chi connectivity index (χ1n) is 12.2. The Balaban J connectivity index is 1.96. The molecule has 5 atom stereocenters. The average Bonchev–Trinajstić information content (AvgIpc) is 2.82. The Morgan fingerprint density at radius 2 is 1.79 bits per heavy atom. The second-order valence-electron chi connectivity index (χ2n) is 10.6. The van der Waals surface area contributed by atoms with Crippen LogP contribution in [0.25, 0.3) is 0 Å². The molecule has 3 aliphatic rings. The number of nitrogens with zero attached hydrogens (tertiary/aromatic N) is 2. The van der Waals surface area contributed by atoms with Crippen LogP contribution < -0.4 is 16.0 Å². The van der Waals surface area contributed by atoms with Gasteiger partial charge in [-0.3, -0.25) is 24.1 Å². The number of anilines is 2. The van der Waals surface area contributed by atoms with E-state index in [1.807, 2.05) is 0 Å². The number of aromatic hydroxyl groups is 1. The second kappa shape index (κ2) is 9.65. The molecule has 0 saturated heterocycles. The lowest BCUT2D eigenvalue weighted by Gasteiger charge is -2.50. The number of hydrogen-bond donors (Lipinski definition) is 6. The number of benzene rings is 1. The molecule has 3 aliphatic carbocycles. The molecule has 4 rings (SSSR count). The normalized spacial score (nSPS) is 27.1. The van der Waals surface area contributed by atoms with E-state index in [1.165, 1.54) is 4.90 Å². The molecule has 12 nitrogen and oxygen atoms in total. The summed E-state index contributed by atoms with van der Waals surface area (Å²) in [6.07, 6.45) is 0.123. The molecule has 0 aromatic heterocycles. The second-order valence-corrected chi connectivity index (χ2v) is 12.0. The predicted molar refractivity (Wildman–Crippen MR) is 145 cm³/mol.